The van der Waals surface area contributed by atoms with E-state index in [0.717, 1.165) is 18.9 Å². The summed E-state index contributed by atoms with van der Waals surface area (Å²) in [4.78, 5) is 5.13. The molecule has 0 spiro atoms. The minimum atomic E-state index is 0.717. The molecule has 1 aliphatic heterocycles. The molecule has 1 unspecified atom stereocenters. The van der Waals surface area contributed by atoms with Crippen molar-refractivity contribution in [3.8, 4) is 0 Å². The number of nitrogens with zero attached hydrogens (tertiary/aromatic N) is 2. The molecule has 0 aromatic rings. The summed E-state index contributed by atoms with van der Waals surface area (Å²) in [6.45, 7) is 5.85. The van der Waals surface area contributed by atoms with Gasteiger partial charge in [0.05, 0.1) is 0 Å². The Morgan fingerprint density at radius 2 is 2.07 bits per heavy atom. The third kappa shape index (κ3) is 2.92. The molecule has 0 aromatic heterocycles. The molecule has 2 aliphatic rings. The Labute approximate surface area is 93.6 Å². The van der Waals surface area contributed by atoms with Crippen LogP contribution in [0.25, 0.3) is 0 Å². The van der Waals surface area contributed by atoms with Crippen molar-refractivity contribution in [2.75, 3.05) is 39.8 Å². The van der Waals surface area contributed by atoms with Gasteiger partial charge in [0, 0.05) is 32.2 Å². The largest absolute Gasteiger partial charge is 0.330 e. The molecule has 15 heavy (non-hydrogen) atoms. The van der Waals surface area contributed by atoms with Gasteiger partial charge in [-0.2, -0.15) is 0 Å². The van der Waals surface area contributed by atoms with Crippen LogP contribution in [-0.2, 0) is 0 Å². The summed E-state index contributed by atoms with van der Waals surface area (Å²) in [7, 11) is 2.23. The van der Waals surface area contributed by atoms with Crippen molar-refractivity contribution in [3.05, 3.63) is 0 Å². The third-order valence-electron chi connectivity index (χ3n) is 4.03. The van der Waals surface area contributed by atoms with Crippen LogP contribution in [0.2, 0.25) is 0 Å². The van der Waals surface area contributed by atoms with Crippen LogP contribution >= 0.6 is 0 Å². The number of piperazine rings is 1. The molecule has 0 aromatic carbocycles. The van der Waals surface area contributed by atoms with Crippen LogP contribution in [0.4, 0.5) is 0 Å². The van der Waals surface area contributed by atoms with E-state index in [2.05, 4.69) is 16.8 Å². The Bertz CT molecular complexity index is 191. The number of likely N-dealkylation sites (N-methyl/N-ethyl adjacent to an activating group) is 1. The van der Waals surface area contributed by atoms with Gasteiger partial charge in [0.25, 0.3) is 0 Å². The van der Waals surface area contributed by atoms with E-state index in [1.165, 1.54) is 45.4 Å². The van der Waals surface area contributed by atoms with E-state index in [0.29, 0.717) is 6.04 Å². The first kappa shape index (κ1) is 11.4. The first-order valence-electron chi connectivity index (χ1n) is 6.42. The second-order valence-electron chi connectivity index (χ2n) is 5.29. The summed E-state index contributed by atoms with van der Waals surface area (Å²) >= 11 is 0. The van der Waals surface area contributed by atoms with Gasteiger partial charge in [-0.15, -0.1) is 0 Å². The zero-order chi connectivity index (χ0) is 10.7. The van der Waals surface area contributed by atoms with E-state index in [4.69, 9.17) is 5.73 Å². The highest BCUT2D eigenvalue weighted by Gasteiger charge is 2.28. The molecular formula is C12H25N3. The highest BCUT2D eigenvalue weighted by atomic mass is 15.3. The number of hydrogen-bond donors (Lipinski definition) is 1. The average Bonchev–Trinajstić information content (AvgIpc) is 2.14. The smallest absolute Gasteiger partial charge is 0.0235 e. The zero-order valence-electron chi connectivity index (χ0n) is 9.99. The number of rotatable bonds is 4. The predicted octanol–water partition coefficient (Wildman–Crippen LogP) is 0.751. The maximum absolute atomic E-state index is 5.70. The van der Waals surface area contributed by atoms with Crippen molar-refractivity contribution in [2.45, 2.75) is 31.7 Å². The van der Waals surface area contributed by atoms with E-state index in [1.54, 1.807) is 0 Å². The first-order valence-corrected chi connectivity index (χ1v) is 6.42. The Balaban J connectivity index is 1.82. The van der Waals surface area contributed by atoms with Gasteiger partial charge in [0.2, 0.25) is 0 Å². The standard InChI is InChI=1S/C12H25N3/c1-14-7-8-15(9-11-3-2-4-11)12(10-14)5-6-13/h11-12H,2-10,13H2,1H3. The van der Waals surface area contributed by atoms with Crippen LogP contribution in [0.1, 0.15) is 25.7 Å². The molecule has 1 atom stereocenters. The van der Waals surface area contributed by atoms with Crippen molar-refractivity contribution in [3.63, 3.8) is 0 Å². The Morgan fingerprint density at radius 3 is 2.67 bits per heavy atom. The molecule has 0 bridgehead atoms. The van der Waals surface area contributed by atoms with Gasteiger partial charge in [-0.25, -0.2) is 0 Å². The van der Waals surface area contributed by atoms with E-state index >= 15 is 0 Å². The quantitative estimate of drug-likeness (QED) is 0.745. The molecule has 2 N–H and O–H groups in total. The summed E-state index contributed by atoms with van der Waals surface area (Å²) in [6, 6.07) is 0.717. The molecule has 0 radical (unpaired) electrons. The second kappa shape index (κ2) is 5.28. The van der Waals surface area contributed by atoms with Crippen LogP contribution in [0.3, 0.4) is 0 Å². The van der Waals surface area contributed by atoms with Crippen molar-refractivity contribution < 1.29 is 0 Å². The molecular weight excluding hydrogens is 186 g/mol. The zero-order valence-corrected chi connectivity index (χ0v) is 9.99. The normalized spacial score (nSPS) is 30.4. The summed E-state index contributed by atoms with van der Waals surface area (Å²) in [5, 5.41) is 0. The van der Waals surface area contributed by atoms with Gasteiger partial charge in [-0.3, -0.25) is 4.90 Å². The lowest BCUT2D eigenvalue weighted by atomic mass is 9.84. The van der Waals surface area contributed by atoms with Crippen LogP contribution in [0, 0.1) is 5.92 Å². The molecule has 2 fully saturated rings. The molecule has 1 aliphatic carbocycles. The summed E-state index contributed by atoms with van der Waals surface area (Å²) < 4.78 is 0. The maximum atomic E-state index is 5.70. The van der Waals surface area contributed by atoms with Gasteiger partial charge in [0.1, 0.15) is 0 Å². The summed E-state index contributed by atoms with van der Waals surface area (Å²) in [5.41, 5.74) is 5.70. The minimum Gasteiger partial charge on any atom is -0.330 e. The fourth-order valence-corrected chi connectivity index (χ4v) is 2.76. The maximum Gasteiger partial charge on any atom is 0.0235 e. The van der Waals surface area contributed by atoms with Gasteiger partial charge in [0.15, 0.2) is 0 Å². The Kier molecular flexibility index (Phi) is 4.00. The highest BCUT2D eigenvalue weighted by molar-refractivity contribution is 4.84. The molecule has 3 nitrogen and oxygen atoms in total. The fraction of sp³-hybridized carbons (Fsp3) is 1.00. The molecule has 2 rings (SSSR count). The fourth-order valence-electron chi connectivity index (χ4n) is 2.76. The molecule has 0 amide bonds. The van der Waals surface area contributed by atoms with Crippen LogP contribution in [0.5, 0.6) is 0 Å². The highest BCUT2D eigenvalue weighted by Crippen LogP contribution is 2.28. The third-order valence-corrected chi connectivity index (χ3v) is 4.03. The molecule has 1 heterocycles. The molecule has 88 valence electrons. The van der Waals surface area contributed by atoms with Gasteiger partial charge in [-0.05, 0) is 38.8 Å². The Morgan fingerprint density at radius 1 is 1.27 bits per heavy atom. The Hall–Kier alpha value is -0.120. The summed E-state index contributed by atoms with van der Waals surface area (Å²) in [6.07, 6.45) is 5.54. The SMILES string of the molecule is CN1CCN(CC2CCC2)C(CCN)C1. The van der Waals surface area contributed by atoms with Crippen LogP contribution < -0.4 is 5.73 Å². The first-order chi connectivity index (χ1) is 7.29. The molecule has 1 saturated carbocycles. The van der Waals surface area contributed by atoms with Crippen molar-refractivity contribution in [1.29, 1.82) is 0 Å². The average molecular weight is 211 g/mol. The lowest BCUT2D eigenvalue weighted by molar-refractivity contribution is 0.0581. The minimum absolute atomic E-state index is 0.717. The van der Waals surface area contributed by atoms with E-state index < -0.39 is 0 Å². The van der Waals surface area contributed by atoms with Crippen molar-refractivity contribution in [1.82, 2.24) is 9.80 Å². The van der Waals surface area contributed by atoms with E-state index in [-0.39, 0.29) is 0 Å². The molecule has 3 heteroatoms. The predicted molar refractivity (Wildman–Crippen MR) is 63.9 cm³/mol. The van der Waals surface area contributed by atoms with Gasteiger partial charge < -0.3 is 10.6 Å². The van der Waals surface area contributed by atoms with E-state index in [9.17, 15) is 0 Å². The van der Waals surface area contributed by atoms with Crippen LogP contribution in [0.15, 0.2) is 0 Å². The number of nitrogens with two attached hydrogens (primary N) is 1. The summed E-state index contributed by atoms with van der Waals surface area (Å²) in [5.74, 6) is 0.994. The lowest BCUT2D eigenvalue weighted by Gasteiger charge is -2.43. The lowest BCUT2D eigenvalue weighted by Crippen LogP contribution is -2.54. The number of hydrogen-bond acceptors (Lipinski definition) is 3. The molecule has 1 saturated heterocycles. The topological polar surface area (TPSA) is 32.5 Å². The van der Waals surface area contributed by atoms with Crippen molar-refractivity contribution >= 4 is 0 Å². The monoisotopic (exact) mass is 211 g/mol. The van der Waals surface area contributed by atoms with Gasteiger partial charge in [-0.1, -0.05) is 6.42 Å². The van der Waals surface area contributed by atoms with Crippen LogP contribution in [-0.4, -0.2) is 55.6 Å². The van der Waals surface area contributed by atoms with Gasteiger partial charge >= 0.3 is 0 Å². The second-order valence-corrected chi connectivity index (χ2v) is 5.29. The van der Waals surface area contributed by atoms with E-state index in [1.807, 2.05) is 0 Å². The van der Waals surface area contributed by atoms with Crippen molar-refractivity contribution in [2.24, 2.45) is 11.7 Å².